The Morgan fingerprint density at radius 3 is 2.55 bits per heavy atom. The summed E-state index contributed by atoms with van der Waals surface area (Å²) in [6.45, 7) is 2.16. The van der Waals surface area contributed by atoms with Crippen LogP contribution in [0.5, 0.6) is 0 Å². The molecule has 0 radical (unpaired) electrons. The first kappa shape index (κ1) is 23.5. The minimum atomic E-state index is -0.248. The van der Waals surface area contributed by atoms with Gasteiger partial charge in [-0.2, -0.15) is 0 Å². The van der Waals surface area contributed by atoms with Gasteiger partial charge in [-0.1, -0.05) is 49.8 Å². The number of nitrogens with zero attached hydrogens (tertiary/aromatic N) is 2. The summed E-state index contributed by atoms with van der Waals surface area (Å²) in [4.78, 5) is 30.1. The molecule has 0 spiro atoms. The SMILES string of the molecule is CCOC(=O)CCc1nc2cc(C(=O)C3CCCCCCC3)ccc2n1-c1cccc(Cl)c1. The van der Waals surface area contributed by atoms with Crippen LogP contribution in [0.4, 0.5) is 0 Å². The highest BCUT2D eigenvalue weighted by Crippen LogP contribution is 2.29. The number of hydrogen-bond acceptors (Lipinski definition) is 4. The van der Waals surface area contributed by atoms with Gasteiger partial charge < -0.3 is 4.74 Å². The summed E-state index contributed by atoms with van der Waals surface area (Å²) in [6.07, 6.45) is 8.59. The van der Waals surface area contributed by atoms with E-state index in [4.69, 9.17) is 21.3 Å². The molecule has 4 rings (SSSR count). The Morgan fingerprint density at radius 1 is 1.06 bits per heavy atom. The number of hydrogen-bond donors (Lipinski definition) is 0. The van der Waals surface area contributed by atoms with Crippen LogP contribution in [0.2, 0.25) is 5.02 Å². The van der Waals surface area contributed by atoms with Crippen molar-refractivity contribution < 1.29 is 14.3 Å². The van der Waals surface area contributed by atoms with Crippen LogP contribution in [0.3, 0.4) is 0 Å². The highest BCUT2D eigenvalue weighted by atomic mass is 35.5. The number of esters is 1. The Kier molecular flexibility index (Phi) is 7.81. The molecule has 174 valence electrons. The van der Waals surface area contributed by atoms with Gasteiger partial charge in [0.05, 0.1) is 24.1 Å². The van der Waals surface area contributed by atoms with Gasteiger partial charge >= 0.3 is 5.97 Å². The number of imidazole rings is 1. The van der Waals surface area contributed by atoms with E-state index >= 15 is 0 Å². The highest BCUT2D eigenvalue weighted by Gasteiger charge is 2.22. The van der Waals surface area contributed by atoms with E-state index in [0.717, 1.165) is 53.8 Å². The number of fused-ring (bicyclic) bond motifs is 1. The van der Waals surface area contributed by atoms with Gasteiger partial charge in [-0.15, -0.1) is 0 Å². The fraction of sp³-hybridized carbons (Fsp3) is 0.444. The number of ether oxygens (including phenoxy) is 1. The summed E-state index contributed by atoms with van der Waals surface area (Å²) in [5, 5.41) is 0.627. The summed E-state index contributed by atoms with van der Waals surface area (Å²) in [6, 6.07) is 13.4. The molecule has 0 aliphatic heterocycles. The van der Waals surface area contributed by atoms with Gasteiger partial charge in [0.2, 0.25) is 0 Å². The second-order valence-electron chi connectivity index (χ2n) is 8.76. The fourth-order valence-corrected chi connectivity index (χ4v) is 4.94. The monoisotopic (exact) mass is 466 g/mol. The number of rotatable bonds is 7. The molecule has 1 saturated carbocycles. The molecule has 0 N–H and O–H groups in total. The van der Waals surface area contributed by atoms with E-state index in [9.17, 15) is 9.59 Å². The van der Waals surface area contributed by atoms with Gasteiger partial charge in [0.25, 0.3) is 0 Å². The summed E-state index contributed by atoms with van der Waals surface area (Å²) in [5.74, 6) is 0.823. The third kappa shape index (κ3) is 5.64. The first-order chi connectivity index (χ1) is 16.1. The van der Waals surface area contributed by atoms with Gasteiger partial charge in [-0.05, 0) is 56.2 Å². The third-order valence-electron chi connectivity index (χ3n) is 6.41. The number of halogens is 1. The first-order valence-electron chi connectivity index (χ1n) is 12.0. The van der Waals surface area contributed by atoms with Crippen LogP contribution in [0.15, 0.2) is 42.5 Å². The van der Waals surface area contributed by atoms with E-state index in [1.807, 2.05) is 47.0 Å². The van der Waals surface area contributed by atoms with Gasteiger partial charge in [-0.3, -0.25) is 14.2 Å². The zero-order chi connectivity index (χ0) is 23.2. The Hall–Kier alpha value is -2.66. The van der Waals surface area contributed by atoms with Gasteiger partial charge in [0, 0.05) is 28.6 Å². The summed E-state index contributed by atoms with van der Waals surface area (Å²) in [7, 11) is 0. The maximum Gasteiger partial charge on any atom is 0.306 e. The van der Waals surface area contributed by atoms with Gasteiger partial charge in [0.15, 0.2) is 5.78 Å². The lowest BCUT2D eigenvalue weighted by Crippen LogP contribution is -2.16. The summed E-state index contributed by atoms with van der Waals surface area (Å²) < 4.78 is 7.12. The maximum absolute atomic E-state index is 13.3. The normalized spacial score (nSPS) is 15.2. The van der Waals surface area contributed by atoms with Crippen molar-refractivity contribution in [3.8, 4) is 5.69 Å². The zero-order valence-electron chi connectivity index (χ0n) is 19.2. The number of benzene rings is 2. The summed E-state index contributed by atoms with van der Waals surface area (Å²) in [5.41, 5.74) is 3.25. The lowest BCUT2D eigenvalue weighted by Gasteiger charge is -2.18. The number of carbonyl (C=O) groups excluding carboxylic acids is 2. The number of aryl methyl sites for hydroxylation is 1. The number of ketones is 1. The van der Waals surface area contributed by atoms with Gasteiger partial charge in [0.1, 0.15) is 5.82 Å². The van der Waals surface area contributed by atoms with Crippen molar-refractivity contribution in [1.29, 1.82) is 0 Å². The van der Waals surface area contributed by atoms with Crippen molar-refractivity contribution in [3.63, 3.8) is 0 Å². The van der Waals surface area contributed by atoms with Crippen molar-refractivity contribution in [2.24, 2.45) is 5.92 Å². The molecule has 1 aliphatic carbocycles. The quantitative estimate of drug-likeness (QED) is 0.286. The van der Waals surface area contributed by atoms with E-state index in [2.05, 4.69) is 0 Å². The van der Waals surface area contributed by atoms with Crippen LogP contribution in [0, 0.1) is 5.92 Å². The molecule has 1 aliphatic rings. The van der Waals surface area contributed by atoms with Crippen LogP contribution in [-0.4, -0.2) is 27.9 Å². The molecule has 6 heteroatoms. The molecule has 0 saturated heterocycles. The van der Waals surface area contributed by atoms with Crippen LogP contribution in [-0.2, 0) is 16.0 Å². The Balaban J connectivity index is 1.69. The number of aromatic nitrogens is 2. The van der Waals surface area contributed by atoms with E-state index in [-0.39, 0.29) is 24.1 Å². The van der Waals surface area contributed by atoms with E-state index < -0.39 is 0 Å². The van der Waals surface area contributed by atoms with Gasteiger partial charge in [-0.25, -0.2) is 4.98 Å². The molecule has 1 heterocycles. The average Bonchev–Trinajstić information content (AvgIpc) is 3.15. The van der Waals surface area contributed by atoms with Crippen molar-refractivity contribution in [3.05, 3.63) is 58.9 Å². The smallest absolute Gasteiger partial charge is 0.306 e. The topological polar surface area (TPSA) is 61.2 Å². The van der Waals surface area contributed by atoms with Crippen molar-refractivity contribution in [1.82, 2.24) is 9.55 Å². The molecule has 33 heavy (non-hydrogen) atoms. The highest BCUT2D eigenvalue weighted by molar-refractivity contribution is 6.30. The Morgan fingerprint density at radius 2 is 1.82 bits per heavy atom. The molecule has 0 atom stereocenters. The van der Waals surface area contributed by atoms with E-state index in [1.165, 1.54) is 19.3 Å². The molecule has 1 aromatic heterocycles. The zero-order valence-corrected chi connectivity index (χ0v) is 19.9. The second-order valence-corrected chi connectivity index (χ2v) is 9.19. The molecule has 0 unspecified atom stereocenters. The minimum Gasteiger partial charge on any atom is -0.466 e. The molecule has 0 bridgehead atoms. The van der Waals surface area contributed by atoms with Crippen molar-refractivity contribution in [2.75, 3.05) is 6.61 Å². The molecular formula is C27H31ClN2O3. The van der Waals surface area contributed by atoms with E-state index in [1.54, 1.807) is 6.92 Å². The lowest BCUT2D eigenvalue weighted by atomic mass is 9.85. The largest absolute Gasteiger partial charge is 0.466 e. The maximum atomic E-state index is 13.3. The number of carbonyl (C=O) groups is 2. The average molecular weight is 467 g/mol. The standard InChI is InChI=1S/C27H31ClN2O3/c1-2-33-26(31)16-15-25-29-23-17-20(27(32)19-9-6-4-3-5-7-10-19)13-14-24(23)30(25)22-12-8-11-21(28)18-22/h8,11-14,17-19H,2-7,9-10,15-16H2,1H3. The molecule has 3 aromatic rings. The molecule has 2 aromatic carbocycles. The predicted molar refractivity (Wildman–Crippen MR) is 131 cm³/mol. The predicted octanol–water partition coefficient (Wildman–Crippen LogP) is 6.72. The van der Waals surface area contributed by atoms with Crippen LogP contribution < -0.4 is 0 Å². The van der Waals surface area contributed by atoms with Crippen molar-refractivity contribution in [2.45, 2.75) is 64.7 Å². The second kappa shape index (κ2) is 11.0. The minimum absolute atomic E-state index is 0.0982. The third-order valence-corrected chi connectivity index (χ3v) is 6.64. The first-order valence-corrected chi connectivity index (χ1v) is 12.4. The lowest BCUT2D eigenvalue weighted by molar-refractivity contribution is -0.143. The van der Waals surface area contributed by atoms with E-state index in [0.29, 0.717) is 18.1 Å². The summed E-state index contributed by atoms with van der Waals surface area (Å²) >= 11 is 6.26. The Labute approximate surface area is 200 Å². The molecule has 5 nitrogen and oxygen atoms in total. The fourth-order valence-electron chi connectivity index (χ4n) is 4.76. The van der Waals surface area contributed by atoms with Crippen molar-refractivity contribution >= 4 is 34.4 Å². The number of Topliss-reactive ketones (excluding diaryl/α,β-unsaturated/α-hetero) is 1. The van der Waals surface area contributed by atoms with Crippen LogP contribution in [0.1, 0.15) is 74.5 Å². The molecular weight excluding hydrogens is 436 g/mol. The molecule has 0 amide bonds. The Bertz CT molecular complexity index is 1130. The molecule has 1 fully saturated rings. The van der Waals surface area contributed by atoms with Crippen LogP contribution >= 0.6 is 11.6 Å². The van der Waals surface area contributed by atoms with Crippen LogP contribution in [0.25, 0.3) is 16.7 Å².